The standard InChI is InChI=1S/C19H29N3O4/c1-2-3-4-5-6-7-12-25-17(23)15-8-10-16(11-9-15)18(24)26-19-21-13-20-14-22-19/h8-11,19-22H,2-7,12-14H2,1H3. The van der Waals surface area contributed by atoms with Crippen molar-refractivity contribution in [2.45, 2.75) is 51.8 Å². The van der Waals surface area contributed by atoms with E-state index in [2.05, 4.69) is 22.9 Å². The monoisotopic (exact) mass is 363 g/mol. The van der Waals surface area contributed by atoms with Crippen molar-refractivity contribution >= 4 is 11.9 Å². The van der Waals surface area contributed by atoms with Gasteiger partial charge in [0.1, 0.15) is 0 Å². The highest BCUT2D eigenvalue weighted by atomic mass is 16.6. The highest BCUT2D eigenvalue weighted by Gasteiger charge is 2.17. The Morgan fingerprint density at radius 1 is 0.923 bits per heavy atom. The second-order valence-corrected chi connectivity index (χ2v) is 6.28. The lowest BCUT2D eigenvalue weighted by molar-refractivity contribution is 0.00296. The molecule has 0 aliphatic carbocycles. The summed E-state index contributed by atoms with van der Waals surface area (Å²) in [6.07, 6.45) is 6.35. The smallest absolute Gasteiger partial charge is 0.340 e. The van der Waals surface area contributed by atoms with Crippen LogP contribution in [0.4, 0.5) is 0 Å². The van der Waals surface area contributed by atoms with Gasteiger partial charge in [0.2, 0.25) is 6.35 Å². The molecule has 1 saturated heterocycles. The second-order valence-electron chi connectivity index (χ2n) is 6.28. The van der Waals surface area contributed by atoms with E-state index in [9.17, 15) is 9.59 Å². The number of rotatable bonds is 10. The highest BCUT2D eigenvalue weighted by molar-refractivity contribution is 5.93. The van der Waals surface area contributed by atoms with Crippen LogP contribution in [0.15, 0.2) is 24.3 Å². The molecule has 0 amide bonds. The number of carbonyl (C=O) groups is 2. The first-order valence-corrected chi connectivity index (χ1v) is 9.36. The van der Waals surface area contributed by atoms with Crippen LogP contribution in [0.3, 0.4) is 0 Å². The van der Waals surface area contributed by atoms with Gasteiger partial charge < -0.3 is 9.47 Å². The van der Waals surface area contributed by atoms with Crippen LogP contribution < -0.4 is 16.0 Å². The molecule has 144 valence electrons. The van der Waals surface area contributed by atoms with Crippen molar-refractivity contribution in [1.82, 2.24) is 16.0 Å². The van der Waals surface area contributed by atoms with Crippen molar-refractivity contribution in [3.63, 3.8) is 0 Å². The molecule has 1 aromatic carbocycles. The molecule has 1 fully saturated rings. The Labute approximate surface area is 154 Å². The Hall–Kier alpha value is -1.96. The maximum Gasteiger partial charge on any atom is 0.340 e. The Bertz CT molecular complexity index is 556. The van der Waals surface area contributed by atoms with Gasteiger partial charge in [0, 0.05) is 0 Å². The van der Waals surface area contributed by atoms with Gasteiger partial charge in [-0.2, -0.15) is 0 Å². The van der Waals surface area contributed by atoms with Crippen molar-refractivity contribution in [2.75, 3.05) is 19.9 Å². The van der Waals surface area contributed by atoms with Crippen molar-refractivity contribution in [2.24, 2.45) is 0 Å². The van der Waals surface area contributed by atoms with Crippen molar-refractivity contribution < 1.29 is 19.1 Å². The quantitative estimate of drug-likeness (QED) is 0.434. The van der Waals surface area contributed by atoms with Crippen LogP contribution in [0.2, 0.25) is 0 Å². The van der Waals surface area contributed by atoms with E-state index in [1.54, 1.807) is 24.3 Å². The molecule has 0 radical (unpaired) electrons. The molecule has 0 atom stereocenters. The van der Waals surface area contributed by atoms with E-state index in [4.69, 9.17) is 9.47 Å². The first-order valence-electron chi connectivity index (χ1n) is 9.36. The van der Waals surface area contributed by atoms with Crippen LogP contribution >= 0.6 is 0 Å². The molecule has 1 aliphatic rings. The van der Waals surface area contributed by atoms with Crippen LogP contribution in [0.5, 0.6) is 0 Å². The fourth-order valence-electron chi connectivity index (χ4n) is 2.60. The van der Waals surface area contributed by atoms with Gasteiger partial charge in [-0.3, -0.25) is 16.0 Å². The third kappa shape index (κ3) is 7.11. The summed E-state index contributed by atoms with van der Waals surface area (Å²) in [7, 11) is 0. The summed E-state index contributed by atoms with van der Waals surface area (Å²) in [5.41, 5.74) is 0.824. The van der Waals surface area contributed by atoms with Gasteiger partial charge in [0.25, 0.3) is 0 Å². The summed E-state index contributed by atoms with van der Waals surface area (Å²) in [5.74, 6) is -0.816. The van der Waals surface area contributed by atoms with E-state index in [-0.39, 0.29) is 5.97 Å². The Balaban J connectivity index is 1.70. The molecule has 0 unspecified atom stereocenters. The third-order valence-electron chi connectivity index (χ3n) is 4.14. The van der Waals surface area contributed by atoms with Gasteiger partial charge in [-0.1, -0.05) is 39.0 Å². The van der Waals surface area contributed by atoms with Crippen molar-refractivity contribution in [1.29, 1.82) is 0 Å². The SMILES string of the molecule is CCCCCCCCOC(=O)c1ccc(C(=O)OC2NCNCN2)cc1. The molecule has 1 aliphatic heterocycles. The minimum Gasteiger partial charge on any atom is -0.462 e. The lowest BCUT2D eigenvalue weighted by Crippen LogP contribution is -2.57. The summed E-state index contributed by atoms with van der Waals surface area (Å²) in [6.45, 7) is 3.75. The van der Waals surface area contributed by atoms with Gasteiger partial charge in [-0.05, 0) is 30.7 Å². The average molecular weight is 363 g/mol. The Kier molecular flexibility index (Phi) is 9.09. The average Bonchev–Trinajstić information content (AvgIpc) is 2.68. The zero-order valence-corrected chi connectivity index (χ0v) is 15.4. The first-order chi connectivity index (χ1) is 12.7. The van der Waals surface area contributed by atoms with Crippen LogP contribution in [0.1, 0.15) is 66.2 Å². The minimum absolute atomic E-state index is 0.361. The van der Waals surface area contributed by atoms with Gasteiger partial charge in [-0.15, -0.1) is 0 Å². The lowest BCUT2D eigenvalue weighted by atomic mass is 10.1. The largest absolute Gasteiger partial charge is 0.462 e. The molecule has 0 saturated carbocycles. The van der Waals surface area contributed by atoms with Crippen LogP contribution in [0.25, 0.3) is 0 Å². The molecule has 7 nitrogen and oxygen atoms in total. The summed E-state index contributed by atoms with van der Waals surface area (Å²) < 4.78 is 10.6. The molecule has 0 bridgehead atoms. The van der Waals surface area contributed by atoms with E-state index < -0.39 is 12.3 Å². The predicted octanol–water partition coefficient (Wildman–Crippen LogP) is 2.34. The summed E-state index contributed by atoms with van der Waals surface area (Å²) in [5, 5.41) is 8.93. The summed E-state index contributed by atoms with van der Waals surface area (Å²) >= 11 is 0. The van der Waals surface area contributed by atoms with E-state index in [1.807, 2.05) is 0 Å². The molecular weight excluding hydrogens is 334 g/mol. The van der Waals surface area contributed by atoms with Crippen molar-refractivity contribution in [3.8, 4) is 0 Å². The minimum atomic E-state index is -0.522. The fourth-order valence-corrected chi connectivity index (χ4v) is 2.60. The molecule has 7 heteroatoms. The predicted molar refractivity (Wildman–Crippen MR) is 98.4 cm³/mol. The number of benzene rings is 1. The number of carbonyl (C=O) groups excluding carboxylic acids is 2. The van der Waals surface area contributed by atoms with Gasteiger partial charge in [0.05, 0.1) is 31.1 Å². The maximum atomic E-state index is 12.1. The normalized spacial score (nSPS) is 14.8. The van der Waals surface area contributed by atoms with Crippen molar-refractivity contribution in [3.05, 3.63) is 35.4 Å². The lowest BCUT2D eigenvalue weighted by Gasteiger charge is -2.25. The molecule has 1 heterocycles. The summed E-state index contributed by atoms with van der Waals surface area (Å²) in [4.78, 5) is 24.1. The number of ether oxygens (including phenoxy) is 2. The second kappa shape index (κ2) is 11.6. The zero-order valence-electron chi connectivity index (χ0n) is 15.4. The van der Waals surface area contributed by atoms with Gasteiger partial charge in [0.15, 0.2) is 0 Å². The Morgan fingerprint density at radius 2 is 1.50 bits per heavy atom. The van der Waals surface area contributed by atoms with E-state index in [0.29, 0.717) is 31.1 Å². The maximum absolute atomic E-state index is 12.1. The third-order valence-corrected chi connectivity index (χ3v) is 4.14. The zero-order chi connectivity index (χ0) is 18.6. The highest BCUT2D eigenvalue weighted by Crippen LogP contribution is 2.10. The Morgan fingerprint density at radius 3 is 2.15 bits per heavy atom. The molecule has 0 spiro atoms. The number of hydrogen-bond donors (Lipinski definition) is 3. The molecule has 1 aromatic rings. The first kappa shape index (κ1) is 20.4. The molecule has 0 aromatic heterocycles. The fraction of sp³-hybridized carbons (Fsp3) is 0.579. The van der Waals surface area contributed by atoms with E-state index >= 15 is 0 Å². The molecular formula is C19H29N3O4. The van der Waals surface area contributed by atoms with Crippen LogP contribution in [-0.4, -0.2) is 38.2 Å². The summed E-state index contributed by atoms with van der Waals surface area (Å²) in [6, 6.07) is 6.32. The number of unbranched alkanes of at least 4 members (excludes halogenated alkanes) is 5. The van der Waals surface area contributed by atoms with Crippen LogP contribution in [0, 0.1) is 0 Å². The number of hydrogen-bond acceptors (Lipinski definition) is 7. The molecule has 3 N–H and O–H groups in total. The number of esters is 2. The van der Waals surface area contributed by atoms with E-state index in [1.165, 1.54) is 25.7 Å². The molecule has 26 heavy (non-hydrogen) atoms. The van der Waals surface area contributed by atoms with E-state index in [0.717, 1.165) is 12.8 Å². The van der Waals surface area contributed by atoms with Gasteiger partial charge in [-0.25, -0.2) is 9.59 Å². The molecule has 2 rings (SSSR count). The van der Waals surface area contributed by atoms with Crippen LogP contribution in [-0.2, 0) is 9.47 Å². The van der Waals surface area contributed by atoms with Gasteiger partial charge >= 0.3 is 11.9 Å². The topological polar surface area (TPSA) is 88.7 Å². The number of nitrogens with one attached hydrogen (secondary N) is 3.